The standard InChI is InChI=1S/C16H27N3/c1-3-19(13-16-10-6-7-11-17-16)14(2)12-18-15-8-4-5-9-15/h6-7,10-11,14-15,18H,3-5,8-9,12-13H2,1-2H3. The van der Waals surface area contributed by atoms with E-state index in [0.717, 1.165) is 31.4 Å². The number of pyridine rings is 1. The van der Waals surface area contributed by atoms with Crippen LogP contribution in [0.2, 0.25) is 0 Å². The van der Waals surface area contributed by atoms with Crippen LogP contribution in [0.15, 0.2) is 24.4 Å². The van der Waals surface area contributed by atoms with Gasteiger partial charge in [0.15, 0.2) is 0 Å². The molecule has 3 nitrogen and oxygen atoms in total. The number of nitrogens with zero attached hydrogens (tertiary/aromatic N) is 2. The Morgan fingerprint density at radius 2 is 2.16 bits per heavy atom. The number of likely N-dealkylation sites (N-methyl/N-ethyl adjacent to an activating group) is 1. The molecule has 2 rings (SSSR count). The van der Waals surface area contributed by atoms with E-state index < -0.39 is 0 Å². The fraction of sp³-hybridized carbons (Fsp3) is 0.688. The number of hydrogen-bond donors (Lipinski definition) is 1. The molecule has 0 radical (unpaired) electrons. The van der Waals surface area contributed by atoms with Crippen molar-refractivity contribution >= 4 is 0 Å². The van der Waals surface area contributed by atoms with E-state index in [-0.39, 0.29) is 0 Å². The molecule has 1 fully saturated rings. The number of nitrogens with one attached hydrogen (secondary N) is 1. The fourth-order valence-electron chi connectivity index (χ4n) is 2.88. The molecular weight excluding hydrogens is 234 g/mol. The second-order valence-corrected chi connectivity index (χ2v) is 5.62. The van der Waals surface area contributed by atoms with Gasteiger partial charge in [-0.2, -0.15) is 0 Å². The highest BCUT2D eigenvalue weighted by Crippen LogP contribution is 2.17. The third kappa shape index (κ3) is 4.59. The van der Waals surface area contributed by atoms with E-state index in [4.69, 9.17) is 0 Å². The first-order chi connectivity index (χ1) is 9.29. The van der Waals surface area contributed by atoms with Gasteiger partial charge in [0.1, 0.15) is 0 Å². The average molecular weight is 261 g/mol. The van der Waals surface area contributed by atoms with Crippen molar-refractivity contribution in [3.05, 3.63) is 30.1 Å². The molecule has 1 N–H and O–H groups in total. The zero-order valence-electron chi connectivity index (χ0n) is 12.3. The maximum Gasteiger partial charge on any atom is 0.0544 e. The molecule has 1 aliphatic carbocycles. The Bertz CT molecular complexity index is 346. The Balaban J connectivity index is 1.79. The van der Waals surface area contributed by atoms with Crippen molar-refractivity contribution in [3.8, 4) is 0 Å². The Morgan fingerprint density at radius 3 is 2.79 bits per heavy atom. The zero-order chi connectivity index (χ0) is 13.5. The number of hydrogen-bond acceptors (Lipinski definition) is 3. The van der Waals surface area contributed by atoms with E-state index in [1.54, 1.807) is 0 Å². The second-order valence-electron chi connectivity index (χ2n) is 5.62. The third-order valence-electron chi connectivity index (χ3n) is 4.18. The van der Waals surface area contributed by atoms with Gasteiger partial charge in [0.2, 0.25) is 0 Å². The van der Waals surface area contributed by atoms with Crippen LogP contribution in [0.3, 0.4) is 0 Å². The Labute approximate surface area is 117 Å². The van der Waals surface area contributed by atoms with E-state index in [0.29, 0.717) is 6.04 Å². The highest BCUT2D eigenvalue weighted by molar-refractivity contribution is 5.03. The Morgan fingerprint density at radius 1 is 1.37 bits per heavy atom. The van der Waals surface area contributed by atoms with Gasteiger partial charge in [0.05, 0.1) is 5.69 Å². The first-order valence-corrected chi connectivity index (χ1v) is 7.67. The molecule has 106 valence electrons. The van der Waals surface area contributed by atoms with E-state index in [9.17, 15) is 0 Å². The summed E-state index contributed by atoms with van der Waals surface area (Å²) >= 11 is 0. The monoisotopic (exact) mass is 261 g/mol. The summed E-state index contributed by atoms with van der Waals surface area (Å²) in [6.07, 6.45) is 7.40. The first kappa shape index (κ1) is 14.5. The van der Waals surface area contributed by atoms with Crippen molar-refractivity contribution in [3.63, 3.8) is 0 Å². The molecule has 0 spiro atoms. The molecule has 1 aromatic heterocycles. The van der Waals surface area contributed by atoms with E-state index in [2.05, 4.69) is 41.2 Å². The first-order valence-electron chi connectivity index (χ1n) is 7.67. The van der Waals surface area contributed by atoms with Crippen LogP contribution in [0.25, 0.3) is 0 Å². The quantitative estimate of drug-likeness (QED) is 0.818. The van der Waals surface area contributed by atoms with Gasteiger partial charge in [-0.3, -0.25) is 9.88 Å². The SMILES string of the molecule is CCN(Cc1ccccn1)C(C)CNC1CCCC1. The van der Waals surface area contributed by atoms with Gasteiger partial charge in [0.25, 0.3) is 0 Å². The van der Waals surface area contributed by atoms with Crippen molar-refractivity contribution in [2.75, 3.05) is 13.1 Å². The Kier molecular flexibility index (Phi) is 5.80. The molecule has 1 aliphatic rings. The molecule has 0 amide bonds. The highest BCUT2D eigenvalue weighted by Gasteiger charge is 2.17. The van der Waals surface area contributed by atoms with Gasteiger partial charge >= 0.3 is 0 Å². The van der Waals surface area contributed by atoms with Gasteiger partial charge < -0.3 is 5.32 Å². The minimum atomic E-state index is 0.563. The second kappa shape index (κ2) is 7.61. The summed E-state index contributed by atoms with van der Waals surface area (Å²) in [6, 6.07) is 7.48. The Hall–Kier alpha value is -0.930. The summed E-state index contributed by atoms with van der Waals surface area (Å²) in [5.41, 5.74) is 1.16. The molecule has 1 heterocycles. The molecule has 0 saturated heterocycles. The normalized spacial score (nSPS) is 18.1. The van der Waals surface area contributed by atoms with Crippen LogP contribution < -0.4 is 5.32 Å². The van der Waals surface area contributed by atoms with Gasteiger partial charge in [-0.05, 0) is 38.4 Å². The molecule has 1 aromatic rings. The van der Waals surface area contributed by atoms with Crippen molar-refractivity contribution in [1.82, 2.24) is 15.2 Å². The van der Waals surface area contributed by atoms with E-state index in [1.807, 2.05) is 12.3 Å². The summed E-state index contributed by atoms with van der Waals surface area (Å²) < 4.78 is 0. The topological polar surface area (TPSA) is 28.2 Å². The van der Waals surface area contributed by atoms with Crippen LogP contribution in [0.1, 0.15) is 45.2 Å². The van der Waals surface area contributed by atoms with Crippen LogP contribution in [-0.4, -0.2) is 35.1 Å². The van der Waals surface area contributed by atoms with Gasteiger partial charge in [-0.1, -0.05) is 25.8 Å². The summed E-state index contributed by atoms with van der Waals surface area (Å²) in [6.45, 7) is 7.66. The molecule has 1 saturated carbocycles. The maximum atomic E-state index is 4.42. The average Bonchev–Trinajstić information content (AvgIpc) is 2.96. The number of aromatic nitrogens is 1. The van der Waals surface area contributed by atoms with Crippen molar-refractivity contribution in [1.29, 1.82) is 0 Å². The van der Waals surface area contributed by atoms with E-state index >= 15 is 0 Å². The van der Waals surface area contributed by atoms with Crippen LogP contribution >= 0.6 is 0 Å². The smallest absolute Gasteiger partial charge is 0.0544 e. The van der Waals surface area contributed by atoms with Crippen LogP contribution in [0.5, 0.6) is 0 Å². The number of rotatable bonds is 7. The lowest BCUT2D eigenvalue weighted by atomic mass is 10.2. The van der Waals surface area contributed by atoms with Crippen molar-refractivity contribution in [2.24, 2.45) is 0 Å². The minimum Gasteiger partial charge on any atom is -0.312 e. The molecule has 1 atom stereocenters. The predicted molar refractivity (Wildman–Crippen MR) is 80.0 cm³/mol. The largest absolute Gasteiger partial charge is 0.312 e. The van der Waals surface area contributed by atoms with E-state index in [1.165, 1.54) is 25.7 Å². The minimum absolute atomic E-state index is 0.563. The summed E-state index contributed by atoms with van der Waals surface area (Å²) in [4.78, 5) is 6.91. The molecule has 3 heteroatoms. The van der Waals surface area contributed by atoms with Crippen molar-refractivity contribution < 1.29 is 0 Å². The lowest BCUT2D eigenvalue weighted by Gasteiger charge is -2.28. The fourth-order valence-corrected chi connectivity index (χ4v) is 2.88. The van der Waals surface area contributed by atoms with Crippen LogP contribution in [-0.2, 0) is 6.54 Å². The summed E-state index contributed by atoms with van der Waals surface area (Å²) in [5, 5.41) is 3.72. The molecule has 0 aromatic carbocycles. The molecule has 19 heavy (non-hydrogen) atoms. The molecule has 0 aliphatic heterocycles. The lowest BCUT2D eigenvalue weighted by molar-refractivity contribution is 0.199. The summed E-state index contributed by atoms with van der Waals surface area (Å²) in [7, 11) is 0. The third-order valence-corrected chi connectivity index (χ3v) is 4.18. The van der Waals surface area contributed by atoms with Gasteiger partial charge in [0, 0.05) is 31.4 Å². The summed E-state index contributed by atoms with van der Waals surface area (Å²) in [5.74, 6) is 0. The van der Waals surface area contributed by atoms with Crippen LogP contribution in [0, 0.1) is 0 Å². The maximum absolute atomic E-state index is 4.42. The molecule has 0 bridgehead atoms. The zero-order valence-corrected chi connectivity index (χ0v) is 12.3. The molecule has 1 unspecified atom stereocenters. The van der Waals surface area contributed by atoms with Crippen LogP contribution in [0.4, 0.5) is 0 Å². The lowest BCUT2D eigenvalue weighted by Crippen LogP contribution is -2.42. The van der Waals surface area contributed by atoms with Gasteiger partial charge in [-0.25, -0.2) is 0 Å². The predicted octanol–water partition coefficient (Wildman–Crippen LogP) is 2.82. The highest BCUT2D eigenvalue weighted by atomic mass is 15.2. The van der Waals surface area contributed by atoms with Crippen molar-refractivity contribution in [2.45, 2.75) is 58.2 Å². The molecular formula is C16H27N3. The van der Waals surface area contributed by atoms with Gasteiger partial charge in [-0.15, -0.1) is 0 Å².